The average molecular weight is 261 g/mol. The van der Waals surface area contributed by atoms with Crippen molar-refractivity contribution >= 4 is 5.91 Å². The van der Waals surface area contributed by atoms with E-state index in [2.05, 4.69) is 16.1 Å². The number of hydrogen-bond acceptors (Lipinski definition) is 4. The lowest BCUT2D eigenvalue weighted by Crippen LogP contribution is -2.51. The molecule has 0 spiro atoms. The summed E-state index contributed by atoms with van der Waals surface area (Å²) in [6, 6.07) is 4.01. The van der Waals surface area contributed by atoms with Crippen molar-refractivity contribution in [1.29, 1.82) is 5.26 Å². The summed E-state index contributed by atoms with van der Waals surface area (Å²) >= 11 is 0. The van der Waals surface area contributed by atoms with Gasteiger partial charge in [0.15, 0.2) is 0 Å². The fourth-order valence-electron chi connectivity index (χ4n) is 2.36. The predicted octanol–water partition coefficient (Wildman–Crippen LogP) is 0.480. The molecule has 1 saturated heterocycles. The molecular weight excluding hydrogens is 242 g/mol. The van der Waals surface area contributed by atoms with Crippen LogP contribution in [-0.2, 0) is 7.05 Å². The second kappa shape index (κ2) is 5.85. The Morgan fingerprint density at radius 2 is 2.16 bits per heavy atom. The number of piperazine rings is 1. The maximum absolute atomic E-state index is 12.2. The molecule has 102 valence electrons. The Morgan fingerprint density at radius 1 is 1.47 bits per heavy atom. The highest BCUT2D eigenvalue weighted by Crippen LogP contribution is 2.11. The van der Waals surface area contributed by atoms with Crippen LogP contribution in [0.1, 0.15) is 23.8 Å². The Bertz CT molecular complexity index is 481. The van der Waals surface area contributed by atoms with Crippen LogP contribution in [0, 0.1) is 11.3 Å². The first-order valence-electron chi connectivity index (χ1n) is 6.58. The van der Waals surface area contributed by atoms with Crippen LogP contribution in [0.5, 0.6) is 0 Å². The molecule has 1 amide bonds. The molecule has 0 bridgehead atoms. The summed E-state index contributed by atoms with van der Waals surface area (Å²) in [6.07, 6.45) is 2.59. The number of nitrogens with zero attached hydrogens (tertiary/aromatic N) is 5. The van der Waals surface area contributed by atoms with Crippen molar-refractivity contribution < 1.29 is 4.79 Å². The Kier molecular flexibility index (Phi) is 4.17. The van der Waals surface area contributed by atoms with E-state index < -0.39 is 0 Å². The quantitative estimate of drug-likeness (QED) is 0.794. The third kappa shape index (κ3) is 2.93. The molecule has 1 aromatic heterocycles. The summed E-state index contributed by atoms with van der Waals surface area (Å²) in [6.45, 7) is 4.84. The number of hydrogen-bond donors (Lipinski definition) is 0. The molecule has 19 heavy (non-hydrogen) atoms. The number of aryl methyl sites for hydroxylation is 1. The van der Waals surface area contributed by atoms with Gasteiger partial charge in [-0.15, -0.1) is 0 Å². The predicted molar refractivity (Wildman–Crippen MR) is 70.4 cm³/mol. The molecule has 0 aliphatic carbocycles. The van der Waals surface area contributed by atoms with Crippen LogP contribution < -0.4 is 0 Å². The van der Waals surface area contributed by atoms with Crippen LogP contribution in [0.15, 0.2) is 12.3 Å². The smallest absolute Gasteiger partial charge is 0.274 e. The minimum absolute atomic E-state index is 0.0229. The fourth-order valence-corrected chi connectivity index (χ4v) is 2.36. The lowest BCUT2D eigenvalue weighted by atomic mass is 10.2. The Labute approximate surface area is 113 Å². The fraction of sp³-hybridized carbons (Fsp3) is 0.615. The first-order chi connectivity index (χ1) is 9.15. The first-order valence-corrected chi connectivity index (χ1v) is 6.58. The highest BCUT2D eigenvalue weighted by atomic mass is 16.2. The zero-order valence-corrected chi connectivity index (χ0v) is 11.4. The van der Waals surface area contributed by atoms with Crippen LogP contribution in [0.25, 0.3) is 0 Å². The van der Waals surface area contributed by atoms with E-state index in [0.717, 1.165) is 19.5 Å². The molecule has 0 aromatic carbocycles. The number of carbonyl (C=O) groups excluding carboxylic acids is 1. The van der Waals surface area contributed by atoms with Crippen LogP contribution in [-0.4, -0.2) is 57.7 Å². The molecule has 6 nitrogen and oxygen atoms in total. The Hall–Kier alpha value is -1.87. The van der Waals surface area contributed by atoms with Crippen LogP contribution in [0.3, 0.4) is 0 Å². The van der Waals surface area contributed by atoms with Crippen LogP contribution in [0.2, 0.25) is 0 Å². The van der Waals surface area contributed by atoms with Gasteiger partial charge in [-0.05, 0) is 12.5 Å². The number of nitriles is 1. The third-order valence-corrected chi connectivity index (χ3v) is 3.51. The van der Waals surface area contributed by atoms with Gasteiger partial charge in [-0.1, -0.05) is 6.92 Å². The second-order valence-electron chi connectivity index (χ2n) is 4.76. The molecule has 0 N–H and O–H groups in total. The van der Waals surface area contributed by atoms with Gasteiger partial charge in [-0.25, -0.2) is 0 Å². The maximum atomic E-state index is 12.2. The molecule has 1 unspecified atom stereocenters. The normalized spacial score (nSPS) is 18.1. The molecule has 0 saturated carbocycles. The van der Waals surface area contributed by atoms with Gasteiger partial charge < -0.3 is 4.90 Å². The van der Waals surface area contributed by atoms with E-state index in [-0.39, 0.29) is 11.9 Å². The van der Waals surface area contributed by atoms with Gasteiger partial charge >= 0.3 is 0 Å². The Balaban J connectivity index is 1.93. The van der Waals surface area contributed by atoms with E-state index >= 15 is 0 Å². The van der Waals surface area contributed by atoms with E-state index in [0.29, 0.717) is 18.8 Å². The summed E-state index contributed by atoms with van der Waals surface area (Å²) in [4.78, 5) is 16.1. The maximum Gasteiger partial charge on any atom is 0.274 e. The molecule has 6 heteroatoms. The number of aromatic nitrogens is 2. The van der Waals surface area contributed by atoms with Crippen molar-refractivity contribution in [2.45, 2.75) is 19.4 Å². The van der Waals surface area contributed by atoms with E-state index in [9.17, 15) is 4.79 Å². The summed E-state index contributed by atoms with van der Waals surface area (Å²) < 4.78 is 1.63. The standard InChI is InChI=1S/C13H19N5O/c1-3-11(10-14)17-6-8-18(9-7-17)13(19)12-4-5-16(2)15-12/h4-5,11H,3,6-9H2,1-2H3. The molecule has 1 fully saturated rings. The lowest BCUT2D eigenvalue weighted by Gasteiger charge is -2.36. The van der Waals surface area contributed by atoms with E-state index in [1.807, 2.05) is 11.8 Å². The Morgan fingerprint density at radius 3 is 2.63 bits per heavy atom. The number of rotatable bonds is 3. The number of carbonyl (C=O) groups is 1. The van der Waals surface area contributed by atoms with Crippen molar-refractivity contribution in [3.8, 4) is 6.07 Å². The van der Waals surface area contributed by atoms with Gasteiger partial charge in [-0.3, -0.25) is 14.4 Å². The van der Waals surface area contributed by atoms with Crippen molar-refractivity contribution in [2.24, 2.45) is 7.05 Å². The van der Waals surface area contributed by atoms with E-state index in [1.165, 1.54) is 0 Å². The van der Waals surface area contributed by atoms with Gasteiger partial charge in [0.2, 0.25) is 0 Å². The molecule has 1 atom stereocenters. The second-order valence-corrected chi connectivity index (χ2v) is 4.76. The summed E-state index contributed by atoms with van der Waals surface area (Å²) in [5.41, 5.74) is 0.489. The van der Waals surface area contributed by atoms with Gasteiger partial charge in [0.25, 0.3) is 5.91 Å². The topological polar surface area (TPSA) is 65.2 Å². The molecule has 1 aliphatic rings. The molecular formula is C13H19N5O. The van der Waals surface area contributed by atoms with Gasteiger partial charge in [-0.2, -0.15) is 10.4 Å². The third-order valence-electron chi connectivity index (χ3n) is 3.51. The minimum atomic E-state index is -0.0351. The molecule has 1 aliphatic heterocycles. The van der Waals surface area contributed by atoms with Crippen molar-refractivity contribution in [3.63, 3.8) is 0 Å². The minimum Gasteiger partial charge on any atom is -0.335 e. The van der Waals surface area contributed by atoms with E-state index in [4.69, 9.17) is 5.26 Å². The van der Waals surface area contributed by atoms with Crippen molar-refractivity contribution in [1.82, 2.24) is 19.6 Å². The zero-order chi connectivity index (χ0) is 13.8. The molecule has 1 aromatic rings. The van der Waals surface area contributed by atoms with Crippen molar-refractivity contribution in [3.05, 3.63) is 18.0 Å². The van der Waals surface area contributed by atoms with Crippen LogP contribution >= 0.6 is 0 Å². The molecule has 2 heterocycles. The van der Waals surface area contributed by atoms with Gasteiger partial charge in [0.05, 0.1) is 12.1 Å². The SMILES string of the molecule is CCC(C#N)N1CCN(C(=O)c2ccn(C)n2)CC1. The van der Waals surface area contributed by atoms with Crippen molar-refractivity contribution in [2.75, 3.05) is 26.2 Å². The largest absolute Gasteiger partial charge is 0.335 e. The van der Waals surface area contributed by atoms with Crippen LogP contribution in [0.4, 0.5) is 0 Å². The first kappa shape index (κ1) is 13.6. The van der Waals surface area contributed by atoms with Gasteiger partial charge in [0.1, 0.15) is 5.69 Å². The number of amides is 1. The average Bonchev–Trinajstić information content (AvgIpc) is 2.87. The van der Waals surface area contributed by atoms with Gasteiger partial charge in [0, 0.05) is 39.4 Å². The highest BCUT2D eigenvalue weighted by molar-refractivity contribution is 5.92. The summed E-state index contributed by atoms with van der Waals surface area (Å²) in [5.74, 6) is -0.0229. The lowest BCUT2D eigenvalue weighted by molar-refractivity contribution is 0.0598. The molecule has 0 radical (unpaired) electrons. The summed E-state index contributed by atoms with van der Waals surface area (Å²) in [5, 5.41) is 13.2. The van der Waals surface area contributed by atoms with E-state index in [1.54, 1.807) is 24.0 Å². The monoisotopic (exact) mass is 261 g/mol. The zero-order valence-electron chi connectivity index (χ0n) is 11.4. The summed E-state index contributed by atoms with van der Waals surface area (Å²) in [7, 11) is 1.80. The molecule has 2 rings (SSSR count). The highest BCUT2D eigenvalue weighted by Gasteiger charge is 2.26.